The number of amides is 2. The Hall–Kier alpha value is -3.33. The number of esters is 1. The molecule has 1 N–H and O–H groups in total. The molecule has 33 heavy (non-hydrogen) atoms. The van der Waals surface area contributed by atoms with E-state index in [4.69, 9.17) is 14.2 Å². The number of hydrogen-bond acceptors (Lipinski definition) is 7. The van der Waals surface area contributed by atoms with Crippen LogP contribution in [0.1, 0.15) is 51.9 Å². The van der Waals surface area contributed by atoms with E-state index >= 15 is 0 Å². The topological polar surface area (TPSA) is 94.2 Å². The quantitative estimate of drug-likeness (QED) is 0.406. The molecule has 0 fully saturated rings. The number of rotatable bonds is 10. The van der Waals surface area contributed by atoms with Crippen LogP contribution in [0.15, 0.2) is 24.3 Å². The highest BCUT2D eigenvalue weighted by Gasteiger charge is 2.28. The van der Waals surface area contributed by atoms with Gasteiger partial charge in [-0.1, -0.05) is 0 Å². The standard InChI is InChI=1S/C24H30N2O6S/c1-7-26(8-2)23(28)21-15(4)20(24(29)32-9-3)22(33-21)25-19(27)13-10-16-14-17(30-5)11-12-18(16)31-6/h10-14H,7-9H2,1-6H3,(H,25,27)/b13-10+. The van der Waals surface area contributed by atoms with Gasteiger partial charge in [0.1, 0.15) is 16.5 Å². The molecule has 0 radical (unpaired) electrons. The number of thiophene rings is 1. The number of nitrogens with zero attached hydrogens (tertiary/aromatic N) is 1. The van der Waals surface area contributed by atoms with Crippen LogP contribution in [0.4, 0.5) is 5.00 Å². The Morgan fingerprint density at radius 1 is 1.09 bits per heavy atom. The van der Waals surface area contributed by atoms with Crippen LogP contribution in [-0.2, 0) is 9.53 Å². The summed E-state index contributed by atoms with van der Waals surface area (Å²) in [5.74, 6) is -0.0441. The van der Waals surface area contributed by atoms with Crippen LogP contribution in [0, 0.1) is 6.92 Å². The Balaban J connectivity index is 2.38. The number of ether oxygens (including phenoxy) is 3. The number of nitrogens with one attached hydrogen (secondary N) is 1. The van der Waals surface area contributed by atoms with Crippen molar-refractivity contribution in [2.75, 3.05) is 39.2 Å². The largest absolute Gasteiger partial charge is 0.497 e. The lowest BCUT2D eigenvalue weighted by Gasteiger charge is -2.18. The molecule has 9 heteroatoms. The molecule has 0 spiro atoms. The van der Waals surface area contributed by atoms with Gasteiger partial charge < -0.3 is 24.4 Å². The number of carbonyl (C=O) groups is 3. The summed E-state index contributed by atoms with van der Waals surface area (Å²) >= 11 is 1.07. The van der Waals surface area contributed by atoms with Crippen LogP contribution >= 0.6 is 11.3 Å². The number of methoxy groups -OCH3 is 2. The monoisotopic (exact) mass is 474 g/mol. The first-order valence-corrected chi connectivity index (χ1v) is 11.4. The van der Waals surface area contributed by atoms with Gasteiger partial charge in [0.25, 0.3) is 5.91 Å². The normalized spacial score (nSPS) is 10.7. The minimum absolute atomic E-state index is 0.177. The van der Waals surface area contributed by atoms with Gasteiger partial charge >= 0.3 is 5.97 Å². The van der Waals surface area contributed by atoms with Gasteiger partial charge in [0.2, 0.25) is 5.91 Å². The molecule has 0 unspecified atom stereocenters. The molecule has 8 nitrogen and oxygen atoms in total. The Kier molecular flexibility index (Phi) is 9.47. The van der Waals surface area contributed by atoms with Crippen molar-refractivity contribution >= 4 is 40.2 Å². The van der Waals surface area contributed by atoms with E-state index in [0.29, 0.717) is 40.6 Å². The van der Waals surface area contributed by atoms with Crippen LogP contribution in [0.5, 0.6) is 11.5 Å². The van der Waals surface area contributed by atoms with Gasteiger partial charge in [-0.05, 0) is 57.5 Å². The number of anilines is 1. The van der Waals surface area contributed by atoms with Crippen molar-refractivity contribution in [2.24, 2.45) is 0 Å². The van der Waals surface area contributed by atoms with E-state index < -0.39 is 11.9 Å². The lowest BCUT2D eigenvalue weighted by atomic mass is 10.1. The molecule has 0 saturated heterocycles. The van der Waals surface area contributed by atoms with E-state index in [1.807, 2.05) is 13.8 Å². The predicted molar refractivity (Wildman–Crippen MR) is 129 cm³/mol. The van der Waals surface area contributed by atoms with E-state index in [1.54, 1.807) is 50.1 Å². The minimum Gasteiger partial charge on any atom is -0.497 e. The summed E-state index contributed by atoms with van der Waals surface area (Å²) in [6.07, 6.45) is 2.91. The van der Waals surface area contributed by atoms with Gasteiger partial charge in [-0.25, -0.2) is 4.79 Å². The third-order valence-corrected chi connectivity index (χ3v) is 6.15. The van der Waals surface area contributed by atoms with E-state index in [9.17, 15) is 14.4 Å². The Morgan fingerprint density at radius 2 is 1.79 bits per heavy atom. The summed E-state index contributed by atoms with van der Waals surface area (Å²) in [6.45, 7) is 8.41. The second-order valence-corrected chi connectivity index (χ2v) is 7.91. The average molecular weight is 475 g/mol. The Labute approximate surface area is 198 Å². The molecule has 178 valence electrons. The molecule has 1 aromatic carbocycles. The minimum atomic E-state index is -0.585. The first kappa shape index (κ1) is 25.9. The van der Waals surface area contributed by atoms with E-state index in [1.165, 1.54) is 13.2 Å². The van der Waals surface area contributed by atoms with Crippen molar-refractivity contribution in [3.05, 3.63) is 45.8 Å². The van der Waals surface area contributed by atoms with Crippen molar-refractivity contribution in [1.82, 2.24) is 4.90 Å². The Morgan fingerprint density at radius 3 is 2.36 bits per heavy atom. The fraction of sp³-hybridized carbons (Fsp3) is 0.375. The maximum absolute atomic E-state index is 12.9. The summed E-state index contributed by atoms with van der Waals surface area (Å²) < 4.78 is 15.7. The van der Waals surface area contributed by atoms with Crippen molar-refractivity contribution < 1.29 is 28.6 Å². The van der Waals surface area contributed by atoms with Crippen molar-refractivity contribution in [1.29, 1.82) is 0 Å². The maximum Gasteiger partial charge on any atom is 0.341 e. The van der Waals surface area contributed by atoms with Crippen LogP contribution in [-0.4, -0.2) is 56.6 Å². The SMILES string of the molecule is CCOC(=O)c1c(NC(=O)/C=C/c2cc(OC)ccc2OC)sc(C(=O)N(CC)CC)c1C. The number of benzene rings is 1. The lowest BCUT2D eigenvalue weighted by Crippen LogP contribution is -2.30. The van der Waals surface area contributed by atoms with Crippen LogP contribution in [0.25, 0.3) is 6.08 Å². The summed E-state index contributed by atoms with van der Waals surface area (Å²) in [5, 5.41) is 3.00. The molecule has 0 aliphatic carbocycles. The summed E-state index contributed by atoms with van der Waals surface area (Å²) in [5.41, 5.74) is 1.33. The second kappa shape index (κ2) is 12.1. The van der Waals surface area contributed by atoms with Crippen molar-refractivity contribution in [3.63, 3.8) is 0 Å². The van der Waals surface area contributed by atoms with Crippen LogP contribution in [0.3, 0.4) is 0 Å². The number of carbonyl (C=O) groups excluding carboxylic acids is 3. The zero-order valence-electron chi connectivity index (χ0n) is 19.8. The molecular weight excluding hydrogens is 444 g/mol. The third kappa shape index (κ3) is 6.13. The second-order valence-electron chi connectivity index (χ2n) is 6.89. The molecule has 0 saturated carbocycles. The average Bonchev–Trinajstić information content (AvgIpc) is 3.13. The van der Waals surface area contributed by atoms with Gasteiger partial charge in [-0.3, -0.25) is 9.59 Å². The highest BCUT2D eigenvalue weighted by Crippen LogP contribution is 2.35. The molecular formula is C24H30N2O6S. The third-order valence-electron chi connectivity index (χ3n) is 4.96. The maximum atomic E-state index is 12.9. The molecule has 0 atom stereocenters. The molecule has 2 amide bonds. The smallest absolute Gasteiger partial charge is 0.341 e. The van der Waals surface area contributed by atoms with Gasteiger partial charge in [0, 0.05) is 24.7 Å². The summed E-state index contributed by atoms with van der Waals surface area (Å²) in [4.78, 5) is 40.3. The van der Waals surface area contributed by atoms with Crippen LogP contribution < -0.4 is 14.8 Å². The summed E-state index contributed by atoms with van der Waals surface area (Å²) in [6, 6.07) is 5.23. The molecule has 1 aromatic heterocycles. The van der Waals surface area contributed by atoms with Crippen molar-refractivity contribution in [2.45, 2.75) is 27.7 Å². The summed E-state index contributed by atoms with van der Waals surface area (Å²) in [7, 11) is 3.09. The highest BCUT2D eigenvalue weighted by molar-refractivity contribution is 7.18. The molecule has 2 aromatic rings. The van der Waals surface area contributed by atoms with Crippen LogP contribution in [0.2, 0.25) is 0 Å². The van der Waals surface area contributed by atoms with E-state index in [0.717, 1.165) is 11.3 Å². The van der Waals surface area contributed by atoms with E-state index in [2.05, 4.69) is 5.32 Å². The molecule has 0 aliphatic rings. The van der Waals surface area contributed by atoms with Gasteiger partial charge in [0.05, 0.1) is 31.3 Å². The fourth-order valence-corrected chi connectivity index (χ4v) is 4.36. The first-order chi connectivity index (χ1) is 15.8. The fourth-order valence-electron chi connectivity index (χ4n) is 3.20. The lowest BCUT2D eigenvalue weighted by molar-refractivity contribution is -0.111. The number of hydrogen-bond donors (Lipinski definition) is 1. The zero-order valence-corrected chi connectivity index (χ0v) is 20.6. The first-order valence-electron chi connectivity index (χ1n) is 10.6. The molecule has 1 heterocycles. The van der Waals surface area contributed by atoms with Gasteiger partial charge in [0.15, 0.2) is 0 Å². The van der Waals surface area contributed by atoms with Gasteiger partial charge in [-0.15, -0.1) is 11.3 Å². The predicted octanol–water partition coefficient (Wildman–Crippen LogP) is 4.38. The molecule has 0 bridgehead atoms. The Bertz CT molecular complexity index is 1040. The molecule has 0 aliphatic heterocycles. The molecule has 2 rings (SSSR count). The zero-order chi connectivity index (χ0) is 24.5. The van der Waals surface area contributed by atoms with E-state index in [-0.39, 0.29) is 23.1 Å². The van der Waals surface area contributed by atoms with Gasteiger partial charge in [-0.2, -0.15) is 0 Å². The van der Waals surface area contributed by atoms with Crippen molar-refractivity contribution in [3.8, 4) is 11.5 Å². The highest BCUT2D eigenvalue weighted by atomic mass is 32.1.